The molecule has 0 unspecified atom stereocenters. The Morgan fingerprint density at radius 1 is 1.08 bits per heavy atom. The van der Waals surface area contributed by atoms with Crippen molar-refractivity contribution in [2.45, 2.75) is 25.4 Å². The molecule has 2 fully saturated rings. The molecular formula is C27H25FN4O4. The number of pyridine rings is 1. The molecule has 3 heterocycles. The Kier molecular flexibility index (Phi) is 5.56. The lowest BCUT2D eigenvalue weighted by atomic mass is 10.1. The Bertz CT molecular complexity index is 1500. The molecule has 36 heavy (non-hydrogen) atoms. The molecular weight excluding hydrogens is 463 g/mol. The summed E-state index contributed by atoms with van der Waals surface area (Å²) < 4.78 is 22.6. The molecule has 0 spiro atoms. The molecule has 184 valence electrons. The third kappa shape index (κ3) is 4.15. The van der Waals surface area contributed by atoms with Crippen LogP contribution in [0.4, 0.5) is 10.1 Å². The van der Waals surface area contributed by atoms with Crippen molar-refractivity contribution in [2.24, 2.45) is 0 Å². The fourth-order valence-electron chi connectivity index (χ4n) is 4.91. The van der Waals surface area contributed by atoms with Crippen LogP contribution in [0.15, 0.2) is 64.0 Å². The van der Waals surface area contributed by atoms with Crippen LogP contribution in [0.2, 0.25) is 0 Å². The van der Waals surface area contributed by atoms with E-state index in [1.807, 2.05) is 45.9 Å². The summed E-state index contributed by atoms with van der Waals surface area (Å²) in [4.78, 5) is 28.5. The number of carboxylic acids is 1. The SMILES string of the molecule is O=C(O)c1cn(C2CC2)c2cc(N3CCN(Cc4cc(-c5ccccc5)no4)CC3)c(F)cc2c1=O. The maximum Gasteiger partial charge on any atom is 0.341 e. The monoisotopic (exact) mass is 488 g/mol. The summed E-state index contributed by atoms with van der Waals surface area (Å²) in [5.41, 5.74) is 1.86. The van der Waals surface area contributed by atoms with Gasteiger partial charge < -0.3 is 19.1 Å². The van der Waals surface area contributed by atoms with E-state index in [4.69, 9.17) is 4.52 Å². The van der Waals surface area contributed by atoms with Gasteiger partial charge in [-0.25, -0.2) is 9.18 Å². The first-order chi connectivity index (χ1) is 17.5. The fourth-order valence-corrected chi connectivity index (χ4v) is 4.91. The number of benzene rings is 2. The second-order valence-corrected chi connectivity index (χ2v) is 9.44. The molecule has 1 saturated carbocycles. The van der Waals surface area contributed by atoms with E-state index in [1.165, 1.54) is 12.3 Å². The first-order valence-electron chi connectivity index (χ1n) is 12.1. The zero-order valence-electron chi connectivity index (χ0n) is 19.6. The van der Waals surface area contributed by atoms with Gasteiger partial charge in [-0.3, -0.25) is 9.69 Å². The molecule has 8 nitrogen and oxygen atoms in total. The summed E-state index contributed by atoms with van der Waals surface area (Å²) in [6.45, 7) is 3.28. The van der Waals surface area contributed by atoms with Gasteiger partial charge >= 0.3 is 5.97 Å². The largest absolute Gasteiger partial charge is 0.477 e. The number of anilines is 1. The molecule has 9 heteroatoms. The third-order valence-electron chi connectivity index (χ3n) is 6.99. The summed E-state index contributed by atoms with van der Waals surface area (Å²) >= 11 is 0. The van der Waals surface area contributed by atoms with Crippen molar-refractivity contribution in [2.75, 3.05) is 31.1 Å². The Balaban J connectivity index is 1.20. The first kappa shape index (κ1) is 22.5. The van der Waals surface area contributed by atoms with E-state index < -0.39 is 17.2 Å². The van der Waals surface area contributed by atoms with Crippen molar-refractivity contribution in [3.63, 3.8) is 0 Å². The van der Waals surface area contributed by atoms with Gasteiger partial charge in [-0.2, -0.15) is 0 Å². The van der Waals surface area contributed by atoms with Gasteiger partial charge in [0, 0.05) is 55.4 Å². The van der Waals surface area contributed by atoms with E-state index in [2.05, 4.69) is 10.1 Å². The van der Waals surface area contributed by atoms with Gasteiger partial charge in [-0.1, -0.05) is 35.5 Å². The van der Waals surface area contributed by atoms with Crippen molar-refractivity contribution in [1.29, 1.82) is 0 Å². The molecule has 1 aliphatic heterocycles. The first-order valence-corrected chi connectivity index (χ1v) is 12.1. The van der Waals surface area contributed by atoms with Crippen LogP contribution in [-0.2, 0) is 6.54 Å². The van der Waals surface area contributed by atoms with Crippen molar-refractivity contribution in [3.8, 4) is 11.3 Å². The van der Waals surface area contributed by atoms with Crippen LogP contribution in [0.5, 0.6) is 0 Å². The molecule has 1 N–H and O–H groups in total. The van der Waals surface area contributed by atoms with Crippen LogP contribution in [-0.4, -0.2) is 51.9 Å². The third-order valence-corrected chi connectivity index (χ3v) is 6.99. The molecule has 2 aromatic heterocycles. The number of halogens is 1. The zero-order chi connectivity index (χ0) is 24.8. The van der Waals surface area contributed by atoms with Gasteiger partial charge in [-0.05, 0) is 25.0 Å². The second kappa shape index (κ2) is 8.91. The lowest BCUT2D eigenvalue weighted by Gasteiger charge is -2.36. The number of rotatable bonds is 6. The standard InChI is InChI=1S/C27H25FN4O4/c28-22-13-20-24(32(18-6-7-18)16-21(26(20)33)27(34)35)14-25(22)31-10-8-30(9-11-31)15-19-12-23(29-36-19)17-4-2-1-3-5-17/h1-5,12-14,16,18H,6-11,15H2,(H,34,35). The highest BCUT2D eigenvalue weighted by Crippen LogP contribution is 2.38. The molecule has 0 bridgehead atoms. The predicted molar refractivity (Wildman–Crippen MR) is 133 cm³/mol. The lowest BCUT2D eigenvalue weighted by Crippen LogP contribution is -2.46. The van der Waals surface area contributed by atoms with Crippen LogP contribution in [0, 0.1) is 5.82 Å². The molecule has 6 rings (SSSR count). The van der Waals surface area contributed by atoms with E-state index in [-0.39, 0.29) is 17.0 Å². The summed E-state index contributed by atoms with van der Waals surface area (Å²) in [5.74, 6) is -1.03. The smallest absolute Gasteiger partial charge is 0.341 e. The molecule has 4 aromatic rings. The van der Waals surface area contributed by atoms with Gasteiger partial charge in [0.1, 0.15) is 17.1 Å². The maximum absolute atomic E-state index is 15.2. The van der Waals surface area contributed by atoms with E-state index >= 15 is 4.39 Å². The number of hydrogen-bond acceptors (Lipinski definition) is 6. The molecule has 1 aliphatic carbocycles. The fraction of sp³-hybridized carbons (Fsp3) is 0.296. The Morgan fingerprint density at radius 2 is 1.83 bits per heavy atom. The second-order valence-electron chi connectivity index (χ2n) is 9.44. The summed E-state index contributed by atoms with van der Waals surface area (Å²) in [7, 11) is 0. The number of hydrogen-bond donors (Lipinski definition) is 1. The number of fused-ring (bicyclic) bond motifs is 1. The highest BCUT2D eigenvalue weighted by atomic mass is 19.1. The Labute approximate surface area is 206 Å². The number of aromatic nitrogens is 2. The number of carbonyl (C=O) groups is 1. The van der Waals surface area contributed by atoms with Crippen LogP contribution < -0.4 is 10.3 Å². The van der Waals surface area contributed by atoms with E-state index in [0.29, 0.717) is 43.9 Å². The number of nitrogens with zero attached hydrogens (tertiary/aromatic N) is 4. The molecule has 0 amide bonds. The zero-order valence-corrected chi connectivity index (χ0v) is 19.6. The van der Waals surface area contributed by atoms with Crippen molar-refractivity contribution >= 4 is 22.6 Å². The van der Waals surface area contributed by atoms with E-state index in [1.54, 1.807) is 6.07 Å². The van der Waals surface area contributed by atoms with Gasteiger partial charge in [0.05, 0.1) is 17.7 Å². The average Bonchev–Trinajstić information content (AvgIpc) is 3.63. The highest BCUT2D eigenvalue weighted by molar-refractivity contribution is 5.93. The van der Waals surface area contributed by atoms with Crippen molar-refractivity contribution in [3.05, 3.63) is 82.1 Å². The van der Waals surface area contributed by atoms with Gasteiger partial charge in [-0.15, -0.1) is 0 Å². The van der Waals surface area contributed by atoms with E-state index in [9.17, 15) is 14.7 Å². The molecule has 2 aliphatic rings. The highest BCUT2D eigenvalue weighted by Gasteiger charge is 2.28. The molecule has 0 atom stereocenters. The van der Waals surface area contributed by atoms with Gasteiger partial charge in [0.15, 0.2) is 5.76 Å². The Hall–Kier alpha value is -3.98. The lowest BCUT2D eigenvalue weighted by molar-refractivity contribution is 0.0695. The summed E-state index contributed by atoms with van der Waals surface area (Å²) in [6, 6.07) is 14.9. The minimum absolute atomic E-state index is 0.112. The van der Waals surface area contributed by atoms with Crippen LogP contribution >= 0.6 is 0 Å². The topological polar surface area (TPSA) is 91.8 Å². The van der Waals surface area contributed by atoms with Crippen molar-refractivity contribution < 1.29 is 18.8 Å². The van der Waals surface area contributed by atoms with Crippen LogP contribution in [0.1, 0.15) is 35.0 Å². The average molecular weight is 489 g/mol. The minimum Gasteiger partial charge on any atom is -0.477 e. The number of aromatic carboxylic acids is 1. The summed E-state index contributed by atoms with van der Waals surface area (Å²) in [5, 5.41) is 13.7. The van der Waals surface area contributed by atoms with Gasteiger partial charge in [0.2, 0.25) is 5.43 Å². The quantitative estimate of drug-likeness (QED) is 0.436. The van der Waals surface area contributed by atoms with Crippen molar-refractivity contribution in [1.82, 2.24) is 14.6 Å². The minimum atomic E-state index is -1.29. The normalized spacial score (nSPS) is 16.5. The number of piperazine rings is 1. The molecule has 2 aromatic carbocycles. The predicted octanol–water partition coefficient (Wildman–Crippen LogP) is 4.15. The summed E-state index contributed by atoms with van der Waals surface area (Å²) in [6.07, 6.45) is 3.23. The van der Waals surface area contributed by atoms with Gasteiger partial charge in [0.25, 0.3) is 0 Å². The number of carboxylic acid groups (broad SMARTS) is 1. The van der Waals surface area contributed by atoms with E-state index in [0.717, 1.165) is 29.9 Å². The maximum atomic E-state index is 15.2. The Morgan fingerprint density at radius 3 is 2.53 bits per heavy atom. The molecule has 1 saturated heterocycles. The van der Waals surface area contributed by atoms with Crippen LogP contribution in [0.25, 0.3) is 22.2 Å². The van der Waals surface area contributed by atoms with Crippen LogP contribution in [0.3, 0.4) is 0 Å². The molecule has 0 radical (unpaired) electrons.